The molecule has 0 aliphatic heterocycles. The Labute approximate surface area is 88.1 Å². The topological polar surface area (TPSA) is 66.8 Å². The van der Waals surface area contributed by atoms with Gasteiger partial charge in [-0.1, -0.05) is 0 Å². The smallest absolute Gasteiger partial charge is 0.163 e. The lowest BCUT2D eigenvalue weighted by atomic mass is 9.99. The molecule has 1 aromatic carbocycles. The monoisotopic (exact) mass is 210 g/mol. The van der Waals surface area contributed by atoms with Crippen molar-refractivity contribution in [2.75, 3.05) is 13.7 Å². The number of hydrogen-bond acceptors (Lipinski definition) is 4. The number of benzene rings is 1. The number of hydrogen-bond donors (Lipinski definition) is 2. The van der Waals surface area contributed by atoms with Crippen molar-refractivity contribution >= 4 is 5.78 Å². The zero-order chi connectivity index (χ0) is 11.4. The molecule has 0 amide bonds. The molecule has 0 bridgehead atoms. The van der Waals surface area contributed by atoms with E-state index in [1.54, 1.807) is 0 Å². The molecule has 0 unspecified atom stereocenters. The van der Waals surface area contributed by atoms with E-state index >= 15 is 0 Å². The van der Waals surface area contributed by atoms with Gasteiger partial charge in [0.15, 0.2) is 5.78 Å². The van der Waals surface area contributed by atoms with Crippen LogP contribution in [-0.4, -0.2) is 29.7 Å². The third kappa shape index (κ3) is 2.47. The number of aromatic hydroxyl groups is 2. The fourth-order valence-electron chi connectivity index (χ4n) is 1.47. The van der Waals surface area contributed by atoms with E-state index in [0.29, 0.717) is 18.6 Å². The largest absolute Gasteiger partial charge is 0.508 e. The summed E-state index contributed by atoms with van der Waals surface area (Å²) < 4.78 is 4.87. The zero-order valence-electron chi connectivity index (χ0n) is 8.78. The molecule has 2 N–H and O–H groups in total. The predicted molar refractivity (Wildman–Crippen MR) is 55.4 cm³/mol. The molecule has 0 aliphatic rings. The van der Waals surface area contributed by atoms with Crippen LogP contribution in [0.5, 0.6) is 11.5 Å². The van der Waals surface area contributed by atoms with Crippen molar-refractivity contribution in [3.63, 3.8) is 0 Å². The molecule has 0 aliphatic carbocycles. The third-order valence-electron chi connectivity index (χ3n) is 2.17. The first-order chi connectivity index (χ1) is 7.07. The van der Waals surface area contributed by atoms with Crippen molar-refractivity contribution in [2.45, 2.75) is 13.3 Å². The Bertz CT molecular complexity index is 371. The lowest BCUT2D eigenvalue weighted by Gasteiger charge is -2.10. The maximum absolute atomic E-state index is 11.3. The molecule has 0 atom stereocenters. The Balaban J connectivity index is 3.19. The first-order valence-corrected chi connectivity index (χ1v) is 4.61. The van der Waals surface area contributed by atoms with Crippen molar-refractivity contribution < 1.29 is 19.7 Å². The molecule has 4 nitrogen and oxygen atoms in total. The molecule has 0 spiro atoms. The maximum atomic E-state index is 11.3. The Morgan fingerprint density at radius 2 is 1.93 bits per heavy atom. The number of phenols is 2. The van der Waals surface area contributed by atoms with Gasteiger partial charge in [0.1, 0.15) is 11.5 Å². The Hall–Kier alpha value is -1.55. The lowest BCUT2D eigenvalue weighted by molar-refractivity contribution is 0.101. The highest BCUT2D eigenvalue weighted by atomic mass is 16.5. The fraction of sp³-hybridized carbons (Fsp3) is 0.364. The Kier molecular flexibility index (Phi) is 3.68. The summed E-state index contributed by atoms with van der Waals surface area (Å²) in [5.74, 6) is -0.365. The summed E-state index contributed by atoms with van der Waals surface area (Å²) in [7, 11) is 1.54. The van der Waals surface area contributed by atoms with E-state index in [9.17, 15) is 15.0 Å². The minimum Gasteiger partial charge on any atom is -0.508 e. The van der Waals surface area contributed by atoms with Crippen LogP contribution in [0.25, 0.3) is 0 Å². The summed E-state index contributed by atoms with van der Waals surface area (Å²) in [5.41, 5.74) is 0.608. The number of phenolic OH excluding ortho intramolecular Hbond substituents is 2. The molecule has 0 radical (unpaired) electrons. The van der Waals surface area contributed by atoms with Crippen molar-refractivity contribution in [2.24, 2.45) is 0 Å². The highest BCUT2D eigenvalue weighted by Crippen LogP contribution is 2.29. The number of ketones is 1. The van der Waals surface area contributed by atoms with Crippen LogP contribution in [-0.2, 0) is 11.2 Å². The van der Waals surface area contributed by atoms with Gasteiger partial charge in [-0.3, -0.25) is 4.79 Å². The molecular formula is C11H14O4. The van der Waals surface area contributed by atoms with Crippen LogP contribution in [0.1, 0.15) is 22.8 Å². The quantitative estimate of drug-likeness (QED) is 0.583. The molecule has 0 heterocycles. The van der Waals surface area contributed by atoms with Gasteiger partial charge in [0.05, 0.1) is 12.2 Å². The SMILES string of the molecule is COCCc1c(O)ccc(O)c1C(C)=O. The van der Waals surface area contributed by atoms with E-state index in [2.05, 4.69) is 0 Å². The highest BCUT2D eigenvalue weighted by Gasteiger charge is 2.15. The van der Waals surface area contributed by atoms with Gasteiger partial charge in [0, 0.05) is 19.1 Å². The number of ether oxygens (including phenoxy) is 1. The second-order valence-electron chi connectivity index (χ2n) is 3.26. The summed E-state index contributed by atoms with van der Waals surface area (Å²) >= 11 is 0. The molecule has 1 rings (SSSR count). The van der Waals surface area contributed by atoms with Gasteiger partial charge >= 0.3 is 0 Å². The molecule has 1 aromatic rings. The zero-order valence-corrected chi connectivity index (χ0v) is 8.78. The highest BCUT2D eigenvalue weighted by molar-refractivity contribution is 5.98. The number of Topliss-reactive ketones (excluding diaryl/α,β-unsaturated/α-hetero) is 1. The number of rotatable bonds is 4. The molecule has 15 heavy (non-hydrogen) atoms. The van der Waals surface area contributed by atoms with Crippen molar-refractivity contribution in [1.29, 1.82) is 0 Å². The average molecular weight is 210 g/mol. The first-order valence-electron chi connectivity index (χ1n) is 4.61. The molecule has 4 heteroatoms. The van der Waals surface area contributed by atoms with Crippen LogP contribution in [0.15, 0.2) is 12.1 Å². The van der Waals surface area contributed by atoms with Gasteiger partial charge < -0.3 is 14.9 Å². The van der Waals surface area contributed by atoms with E-state index in [1.165, 1.54) is 26.2 Å². The maximum Gasteiger partial charge on any atom is 0.163 e. The van der Waals surface area contributed by atoms with Crippen molar-refractivity contribution in [3.8, 4) is 11.5 Å². The lowest BCUT2D eigenvalue weighted by Crippen LogP contribution is -2.04. The summed E-state index contributed by atoms with van der Waals surface area (Å²) in [6, 6.07) is 2.68. The van der Waals surface area contributed by atoms with E-state index in [0.717, 1.165) is 0 Å². The van der Waals surface area contributed by atoms with Gasteiger partial charge in [-0.2, -0.15) is 0 Å². The van der Waals surface area contributed by atoms with Crippen LogP contribution >= 0.6 is 0 Å². The van der Waals surface area contributed by atoms with E-state index < -0.39 is 0 Å². The molecular weight excluding hydrogens is 196 g/mol. The minimum absolute atomic E-state index is 0.00931. The molecule has 0 saturated carbocycles. The van der Waals surface area contributed by atoms with Crippen LogP contribution < -0.4 is 0 Å². The van der Waals surface area contributed by atoms with Gasteiger partial charge in [0.25, 0.3) is 0 Å². The number of carbonyl (C=O) groups is 1. The average Bonchev–Trinajstić information content (AvgIpc) is 2.18. The summed E-state index contributed by atoms with van der Waals surface area (Å²) in [6.07, 6.45) is 0.394. The summed E-state index contributed by atoms with van der Waals surface area (Å²) in [6.45, 7) is 1.74. The Morgan fingerprint density at radius 3 is 2.47 bits per heavy atom. The van der Waals surface area contributed by atoms with Gasteiger partial charge in [-0.05, 0) is 19.1 Å². The van der Waals surface area contributed by atoms with Crippen LogP contribution in [0, 0.1) is 0 Å². The fourth-order valence-corrected chi connectivity index (χ4v) is 1.47. The number of carbonyl (C=O) groups excluding carboxylic acids is 1. The summed E-state index contributed by atoms with van der Waals surface area (Å²) in [4.78, 5) is 11.3. The molecule has 82 valence electrons. The minimum atomic E-state index is -0.269. The van der Waals surface area contributed by atoms with Crippen LogP contribution in [0.4, 0.5) is 0 Å². The Morgan fingerprint density at radius 1 is 1.33 bits per heavy atom. The van der Waals surface area contributed by atoms with Gasteiger partial charge in [-0.25, -0.2) is 0 Å². The molecule has 0 saturated heterocycles. The van der Waals surface area contributed by atoms with Gasteiger partial charge in [0.2, 0.25) is 0 Å². The summed E-state index contributed by atoms with van der Waals surface area (Å²) in [5, 5.41) is 19.1. The van der Waals surface area contributed by atoms with Gasteiger partial charge in [-0.15, -0.1) is 0 Å². The first kappa shape index (κ1) is 11.5. The third-order valence-corrected chi connectivity index (χ3v) is 2.17. The van der Waals surface area contributed by atoms with Crippen molar-refractivity contribution in [1.82, 2.24) is 0 Å². The molecule has 0 fully saturated rings. The second kappa shape index (κ2) is 4.79. The van der Waals surface area contributed by atoms with E-state index in [-0.39, 0.29) is 22.8 Å². The second-order valence-corrected chi connectivity index (χ2v) is 3.26. The van der Waals surface area contributed by atoms with Crippen molar-refractivity contribution in [3.05, 3.63) is 23.3 Å². The normalized spacial score (nSPS) is 10.3. The van der Waals surface area contributed by atoms with E-state index in [4.69, 9.17) is 4.74 Å². The number of methoxy groups -OCH3 is 1. The van der Waals surface area contributed by atoms with E-state index in [1.807, 2.05) is 0 Å². The van der Waals surface area contributed by atoms with Crippen LogP contribution in [0.3, 0.4) is 0 Å². The van der Waals surface area contributed by atoms with Crippen LogP contribution in [0.2, 0.25) is 0 Å². The standard InChI is InChI=1S/C11H14O4/c1-7(12)11-8(5-6-15-2)9(13)3-4-10(11)14/h3-4,13-14H,5-6H2,1-2H3. The predicted octanol–water partition coefficient (Wildman–Crippen LogP) is 1.49. The molecule has 0 aromatic heterocycles.